The molecule has 40 valence electrons. The van der Waals surface area contributed by atoms with Crippen molar-refractivity contribution >= 4 is 6.29 Å². The smallest absolute Gasteiger partial charge is 0.133 e. The summed E-state index contributed by atoms with van der Waals surface area (Å²) in [5.74, 6) is 0. The van der Waals surface area contributed by atoms with E-state index in [4.69, 9.17) is 4.79 Å². The van der Waals surface area contributed by atoms with E-state index in [2.05, 4.69) is 5.73 Å². The van der Waals surface area contributed by atoms with Gasteiger partial charge in [0.05, 0.1) is 0 Å². The van der Waals surface area contributed by atoms with Crippen LogP contribution in [0.2, 0.25) is 0 Å². The second-order valence-corrected chi connectivity index (χ2v) is 0.402. The molecule has 0 heterocycles. The molecule has 0 aromatic rings. The van der Waals surface area contributed by atoms with Crippen molar-refractivity contribution in [2.45, 2.75) is 14.9 Å². The van der Waals surface area contributed by atoms with Crippen LogP contribution in [0.1, 0.15) is 14.9 Å². The fourth-order valence-corrected chi connectivity index (χ4v) is 0. The maximum absolute atomic E-state index is 9.05. The van der Waals surface area contributed by atoms with Crippen LogP contribution >= 0.6 is 0 Å². The van der Waals surface area contributed by atoms with Crippen LogP contribution in [0, 0.1) is 0 Å². The van der Waals surface area contributed by atoms with Crippen molar-refractivity contribution < 1.29 is 4.79 Å². The number of carbonyl (C=O) groups is 1. The molecule has 0 unspecified atom stereocenters. The van der Waals surface area contributed by atoms with Crippen LogP contribution in [0.5, 0.6) is 0 Å². The van der Waals surface area contributed by atoms with E-state index in [1.807, 2.05) is 0 Å². The molecule has 0 aromatic carbocycles. The molecule has 0 fully saturated rings. The summed E-state index contributed by atoms with van der Waals surface area (Å²) in [6.45, 7) is 0.139. The van der Waals surface area contributed by atoms with Crippen molar-refractivity contribution in [3.8, 4) is 0 Å². The summed E-state index contributed by atoms with van der Waals surface area (Å²) in [5.41, 5.74) is 4.66. The molecule has 0 bridgehead atoms. The van der Waals surface area contributed by atoms with Gasteiger partial charge >= 0.3 is 0 Å². The third-order valence-electron chi connectivity index (χ3n) is 0.0962. The molecular weight excluding hydrogens is 78.0 g/mol. The predicted molar refractivity (Wildman–Crippen MR) is 28.6 cm³/mol. The highest BCUT2D eigenvalue weighted by Gasteiger charge is 1.51. The molecular formula is C4H13NO. The van der Waals surface area contributed by atoms with E-state index >= 15 is 0 Å². The first-order chi connectivity index (χ1) is 1.91. The van der Waals surface area contributed by atoms with Gasteiger partial charge in [0, 0.05) is 6.54 Å². The Bertz CT molecular complexity index is 21.5. The summed E-state index contributed by atoms with van der Waals surface area (Å²) in [6, 6.07) is 0. The fourth-order valence-electron chi connectivity index (χ4n) is 0. The molecule has 2 nitrogen and oxygen atoms in total. The summed E-state index contributed by atoms with van der Waals surface area (Å²) in [6.07, 6.45) is 0.653. The van der Waals surface area contributed by atoms with Crippen molar-refractivity contribution in [1.82, 2.24) is 0 Å². The van der Waals surface area contributed by atoms with Gasteiger partial charge in [0.1, 0.15) is 6.29 Å². The number of carbonyl (C=O) groups excluding carboxylic acids is 1. The molecule has 2 N–H and O–H groups in total. The Balaban J connectivity index is -0.0000000450. The van der Waals surface area contributed by atoms with Crippen LogP contribution in [-0.2, 0) is 4.79 Å². The molecule has 0 saturated carbocycles. The van der Waals surface area contributed by atoms with Crippen LogP contribution in [0.3, 0.4) is 0 Å². The van der Waals surface area contributed by atoms with Crippen molar-refractivity contribution in [2.24, 2.45) is 5.73 Å². The summed E-state index contributed by atoms with van der Waals surface area (Å²) in [5, 5.41) is 0. The molecule has 0 rings (SSSR count). The normalized spacial score (nSPS) is 4.17. The van der Waals surface area contributed by atoms with E-state index in [0.29, 0.717) is 6.29 Å². The molecule has 0 amide bonds. The number of nitrogens with two attached hydrogens (primary N) is 1. The second-order valence-electron chi connectivity index (χ2n) is 0.402. The average molecular weight is 91.2 g/mol. The van der Waals surface area contributed by atoms with E-state index in [1.165, 1.54) is 0 Å². The zero-order chi connectivity index (χ0) is 3.41. The van der Waals surface area contributed by atoms with Gasteiger partial charge in [0.15, 0.2) is 0 Å². The van der Waals surface area contributed by atoms with Crippen LogP contribution in [0.25, 0.3) is 0 Å². The molecule has 0 aromatic heterocycles. The highest BCUT2D eigenvalue weighted by Crippen LogP contribution is 1.18. The Kier molecular flexibility index (Phi) is 66.8. The fraction of sp³-hybridized carbons (Fsp3) is 0.750. The highest BCUT2D eigenvalue weighted by atomic mass is 16.1. The zero-order valence-electron chi connectivity index (χ0n) is 2.27. The molecule has 0 atom stereocenters. The summed E-state index contributed by atoms with van der Waals surface area (Å²) < 4.78 is 0. The predicted octanol–water partition coefficient (Wildman–Crippen LogP) is 0.416. The van der Waals surface area contributed by atoms with E-state index in [0.717, 1.165) is 0 Å². The van der Waals surface area contributed by atoms with Crippen molar-refractivity contribution in [3.63, 3.8) is 0 Å². The minimum Gasteiger partial charge on any atom is -0.324 e. The minimum atomic E-state index is 0. The molecule has 0 saturated heterocycles. The van der Waals surface area contributed by atoms with E-state index < -0.39 is 0 Å². The van der Waals surface area contributed by atoms with Gasteiger partial charge in [0.25, 0.3) is 0 Å². The van der Waals surface area contributed by atoms with Gasteiger partial charge in [0.2, 0.25) is 0 Å². The number of hydrogen-bond donors (Lipinski definition) is 1. The first-order valence-electron chi connectivity index (χ1n) is 1.05. The lowest BCUT2D eigenvalue weighted by Gasteiger charge is -1.55. The number of hydrogen-bond acceptors (Lipinski definition) is 2. The Morgan fingerprint density at radius 3 is 1.67 bits per heavy atom. The molecule has 2 heteroatoms. The van der Waals surface area contributed by atoms with E-state index in [-0.39, 0.29) is 21.4 Å². The molecule has 6 heavy (non-hydrogen) atoms. The van der Waals surface area contributed by atoms with Gasteiger partial charge in [-0.3, -0.25) is 0 Å². The topological polar surface area (TPSA) is 43.1 Å². The van der Waals surface area contributed by atoms with Gasteiger partial charge < -0.3 is 10.5 Å². The molecule has 0 spiro atoms. The third-order valence-corrected chi connectivity index (χ3v) is 0.0962. The van der Waals surface area contributed by atoms with Crippen molar-refractivity contribution in [1.29, 1.82) is 0 Å². The largest absolute Gasteiger partial charge is 0.324 e. The summed E-state index contributed by atoms with van der Waals surface area (Å²) in [4.78, 5) is 9.05. The lowest BCUT2D eigenvalue weighted by molar-refractivity contribution is -0.106. The molecule has 0 aliphatic rings. The SMILES string of the molecule is C.C.NCC=O. The zero-order valence-corrected chi connectivity index (χ0v) is 2.27. The van der Waals surface area contributed by atoms with E-state index in [9.17, 15) is 0 Å². The Labute approximate surface area is 39.3 Å². The first kappa shape index (κ1) is 17.4. The standard InChI is InChI=1S/C2H5NO.2CH4/c3-1-2-4;;/h2H,1,3H2;2*1H4. The molecule has 0 radical (unpaired) electrons. The maximum atomic E-state index is 9.05. The van der Waals surface area contributed by atoms with Gasteiger partial charge in [-0.05, 0) is 0 Å². The highest BCUT2D eigenvalue weighted by molar-refractivity contribution is 5.51. The first-order valence-corrected chi connectivity index (χ1v) is 1.05. The quantitative estimate of drug-likeness (QED) is 0.475. The van der Waals surface area contributed by atoms with Crippen LogP contribution in [0.15, 0.2) is 0 Å². The van der Waals surface area contributed by atoms with Crippen molar-refractivity contribution in [3.05, 3.63) is 0 Å². The second kappa shape index (κ2) is 23.0. The molecule has 0 aliphatic carbocycles. The van der Waals surface area contributed by atoms with Gasteiger partial charge in [-0.2, -0.15) is 0 Å². The maximum Gasteiger partial charge on any atom is 0.133 e. The van der Waals surface area contributed by atoms with E-state index in [1.54, 1.807) is 0 Å². The molecule has 0 aliphatic heterocycles. The average Bonchev–Trinajstić information content (AvgIpc) is 1.37. The Hall–Kier alpha value is -0.370. The third kappa shape index (κ3) is 63.3. The van der Waals surface area contributed by atoms with Crippen LogP contribution in [-0.4, -0.2) is 12.8 Å². The summed E-state index contributed by atoms with van der Waals surface area (Å²) >= 11 is 0. The van der Waals surface area contributed by atoms with Crippen LogP contribution in [0.4, 0.5) is 0 Å². The van der Waals surface area contributed by atoms with Gasteiger partial charge in [-0.1, -0.05) is 14.9 Å². The monoisotopic (exact) mass is 91.1 g/mol. The Morgan fingerprint density at radius 1 is 1.50 bits per heavy atom. The van der Waals surface area contributed by atoms with Crippen LogP contribution < -0.4 is 5.73 Å². The van der Waals surface area contributed by atoms with Crippen molar-refractivity contribution in [2.75, 3.05) is 6.54 Å². The lowest BCUT2D eigenvalue weighted by Crippen LogP contribution is -1.97. The van der Waals surface area contributed by atoms with Gasteiger partial charge in [-0.15, -0.1) is 0 Å². The summed E-state index contributed by atoms with van der Waals surface area (Å²) in [7, 11) is 0. The van der Waals surface area contributed by atoms with Gasteiger partial charge in [-0.25, -0.2) is 0 Å². The Morgan fingerprint density at radius 2 is 1.67 bits per heavy atom. The lowest BCUT2D eigenvalue weighted by atomic mass is 10.8. The minimum absolute atomic E-state index is 0. The number of aldehydes is 1. The number of rotatable bonds is 1.